The van der Waals surface area contributed by atoms with Crippen LogP contribution in [0.2, 0.25) is 0 Å². The molecule has 0 radical (unpaired) electrons. The molecule has 1 aromatic heterocycles. The number of hydrogen-bond acceptors (Lipinski definition) is 3. The molecule has 1 heterocycles. The third kappa shape index (κ3) is 3.82. The van der Waals surface area contributed by atoms with Crippen molar-refractivity contribution in [3.8, 4) is 0 Å². The van der Waals surface area contributed by atoms with Crippen molar-refractivity contribution in [3.63, 3.8) is 0 Å². The van der Waals surface area contributed by atoms with E-state index in [1.54, 1.807) is 0 Å². The number of rotatable bonds is 4. The van der Waals surface area contributed by atoms with Crippen LogP contribution in [0.15, 0.2) is 36.4 Å². The number of nitrogens with one attached hydrogen (secondary N) is 1. The SMILES string of the molecule is CC(C)(C)c1ccc(CNc2cccc(CO)c2)s1. The van der Waals surface area contributed by atoms with Gasteiger partial charge in [0, 0.05) is 22.0 Å². The Morgan fingerprint density at radius 3 is 2.58 bits per heavy atom. The fraction of sp³-hybridized carbons (Fsp3) is 0.375. The van der Waals surface area contributed by atoms with Crippen molar-refractivity contribution in [1.29, 1.82) is 0 Å². The lowest BCUT2D eigenvalue weighted by molar-refractivity contribution is 0.282. The molecule has 2 nitrogen and oxygen atoms in total. The summed E-state index contributed by atoms with van der Waals surface area (Å²) in [6.07, 6.45) is 0. The van der Waals surface area contributed by atoms with Crippen LogP contribution in [0, 0.1) is 0 Å². The van der Waals surface area contributed by atoms with E-state index >= 15 is 0 Å². The van der Waals surface area contributed by atoms with E-state index in [9.17, 15) is 0 Å². The average Bonchev–Trinajstić information content (AvgIpc) is 2.85. The maximum Gasteiger partial charge on any atom is 0.0682 e. The summed E-state index contributed by atoms with van der Waals surface area (Å²) >= 11 is 1.86. The molecule has 0 fully saturated rings. The van der Waals surface area contributed by atoms with Crippen molar-refractivity contribution in [2.75, 3.05) is 5.32 Å². The number of hydrogen-bond donors (Lipinski definition) is 2. The van der Waals surface area contributed by atoms with Crippen LogP contribution in [-0.4, -0.2) is 5.11 Å². The zero-order chi connectivity index (χ0) is 13.9. The zero-order valence-corrected chi connectivity index (χ0v) is 12.6. The summed E-state index contributed by atoms with van der Waals surface area (Å²) in [5.74, 6) is 0. The van der Waals surface area contributed by atoms with Gasteiger partial charge in [-0.05, 0) is 35.2 Å². The molecule has 0 bridgehead atoms. The van der Waals surface area contributed by atoms with Crippen LogP contribution < -0.4 is 5.32 Å². The Morgan fingerprint density at radius 2 is 1.95 bits per heavy atom. The lowest BCUT2D eigenvalue weighted by Crippen LogP contribution is -2.07. The van der Waals surface area contributed by atoms with Crippen molar-refractivity contribution in [2.45, 2.75) is 39.3 Å². The van der Waals surface area contributed by atoms with Crippen molar-refractivity contribution in [2.24, 2.45) is 0 Å². The van der Waals surface area contributed by atoms with E-state index in [4.69, 9.17) is 5.11 Å². The molecule has 0 spiro atoms. The molecule has 0 saturated heterocycles. The van der Waals surface area contributed by atoms with Crippen LogP contribution in [0.5, 0.6) is 0 Å². The number of aliphatic hydroxyl groups excluding tert-OH is 1. The first-order chi connectivity index (χ1) is 8.99. The van der Waals surface area contributed by atoms with Gasteiger partial charge in [-0.25, -0.2) is 0 Å². The number of anilines is 1. The molecule has 0 amide bonds. The average molecular weight is 275 g/mol. The molecule has 0 saturated carbocycles. The first kappa shape index (κ1) is 14.1. The molecule has 0 unspecified atom stereocenters. The molecule has 0 aliphatic heterocycles. The van der Waals surface area contributed by atoms with Crippen molar-refractivity contribution in [1.82, 2.24) is 0 Å². The van der Waals surface area contributed by atoms with Crippen LogP contribution in [-0.2, 0) is 18.6 Å². The molecule has 2 aromatic rings. The van der Waals surface area contributed by atoms with Gasteiger partial charge < -0.3 is 10.4 Å². The Hall–Kier alpha value is -1.32. The van der Waals surface area contributed by atoms with Gasteiger partial charge in [0.2, 0.25) is 0 Å². The van der Waals surface area contributed by atoms with Crippen molar-refractivity contribution < 1.29 is 5.11 Å². The minimum Gasteiger partial charge on any atom is -0.392 e. The van der Waals surface area contributed by atoms with Gasteiger partial charge in [0.25, 0.3) is 0 Å². The Labute approximate surface area is 119 Å². The van der Waals surface area contributed by atoms with Crippen molar-refractivity contribution >= 4 is 17.0 Å². The van der Waals surface area contributed by atoms with E-state index in [1.165, 1.54) is 9.75 Å². The van der Waals surface area contributed by atoms with Gasteiger partial charge in [0.1, 0.15) is 0 Å². The van der Waals surface area contributed by atoms with Crippen LogP contribution in [0.25, 0.3) is 0 Å². The number of thiophene rings is 1. The van der Waals surface area contributed by atoms with E-state index in [0.717, 1.165) is 17.8 Å². The van der Waals surface area contributed by atoms with Crippen LogP contribution in [0.1, 0.15) is 36.1 Å². The predicted octanol–water partition coefficient (Wildman–Crippen LogP) is 4.15. The number of benzene rings is 1. The highest BCUT2D eigenvalue weighted by atomic mass is 32.1. The van der Waals surface area contributed by atoms with Crippen molar-refractivity contribution in [3.05, 3.63) is 51.7 Å². The molecular formula is C16H21NOS. The first-order valence-corrected chi connectivity index (χ1v) is 7.33. The summed E-state index contributed by atoms with van der Waals surface area (Å²) in [5.41, 5.74) is 2.21. The minimum atomic E-state index is 0.0860. The normalized spacial score (nSPS) is 11.6. The van der Waals surface area contributed by atoms with Gasteiger partial charge in [-0.2, -0.15) is 0 Å². The van der Waals surface area contributed by atoms with E-state index in [2.05, 4.69) is 38.2 Å². The monoisotopic (exact) mass is 275 g/mol. The molecule has 1 aromatic carbocycles. The Kier molecular flexibility index (Phi) is 4.27. The molecule has 2 rings (SSSR count). The highest BCUT2D eigenvalue weighted by Crippen LogP contribution is 2.29. The second-order valence-corrected chi connectivity index (χ2v) is 6.90. The molecule has 0 aliphatic rings. The first-order valence-electron chi connectivity index (χ1n) is 6.52. The van der Waals surface area contributed by atoms with Crippen LogP contribution >= 0.6 is 11.3 Å². The Bertz CT molecular complexity index is 540. The maximum atomic E-state index is 9.11. The van der Waals surface area contributed by atoms with Gasteiger partial charge in [-0.3, -0.25) is 0 Å². The van der Waals surface area contributed by atoms with E-state index in [0.29, 0.717) is 0 Å². The van der Waals surface area contributed by atoms with Crippen LogP contribution in [0.3, 0.4) is 0 Å². The minimum absolute atomic E-state index is 0.0860. The molecule has 102 valence electrons. The molecule has 19 heavy (non-hydrogen) atoms. The summed E-state index contributed by atoms with van der Waals surface area (Å²) in [7, 11) is 0. The van der Waals surface area contributed by atoms with Crippen LogP contribution in [0.4, 0.5) is 5.69 Å². The fourth-order valence-electron chi connectivity index (χ4n) is 1.84. The maximum absolute atomic E-state index is 9.11. The lowest BCUT2D eigenvalue weighted by Gasteiger charge is -2.15. The standard InChI is InChI=1S/C16H21NOS/c1-16(2,3)15-8-7-14(19-15)10-17-13-6-4-5-12(9-13)11-18/h4-9,17-18H,10-11H2,1-3H3. The molecule has 0 atom stereocenters. The van der Waals surface area contributed by atoms with Gasteiger partial charge in [-0.15, -0.1) is 11.3 Å². The smallest absolute Gasteiger partial charge is 0.0682 e. The summed E-state index contributed by atoms with van der Waals surface area (Å²) in [4.78, 5) is 2.74. The summed E-state index contributed by atoms with van der Waals surface area (Å²) in [6.45, 7) is 7.63. The molecule has 0 aliphatic carbocycles. The second-order valence-electron chi connectivity index (χ2n) is 5.73. The van der Waals surface area contributed by atoms with E-state index in [1.807, 2.05) is 35.6 Å². The molecule has 2 N–H and O–H groups in total. The predicted molar refractivity (Wildman–Crippen MR) is 82.7 cm³/mol. The topological polar surface area (TPSA) is 32.3 Å². The Morgan fingerprint density at radius 1 is 1.16 bits per heavy atom. The number of aliphatic hydroxyl groups is 1. The second kappa shape index (κ2) is 5.76. The quantitative estimate of drug-likeness (QED) is 0.878. The Balaban J connectivity index is 2.00. The highest BCUT2D eigenvalue weighted by Gasteiger charge is 2.15. The van der Waals surface area contributed by atoms with E-state index in [-0.39, 0.29) is 12.0 Å². The summed E-state index contributed by atoms with van der Waals surface area (Å²) in [5, 5.41) is 12.5. The third-order valence-electron chi connectivity index (χ3n) is 2.98. The van der Waals surface area contributed by atoms with E-state index < -0.39 is 0 Å². The molecule has 3 heteroatoms. The largest absolute Gasteiger partial charge is 0.392 e. The summed E-state index contributed by atoms with van der Waals surface area (Å²) < 4.78 is 0. The van der Waals surface area contributed by atoms with Gasteiger partial charge >= 0.3 is 0 Å². The lowest BCUT2D eigenvalue weighted by atomic mass is 9.95. The van der Waals surface area contributed by atoms with Gasteiger partial charge in [0.15, 0.2) is 0 Å². The van der Waals surface area contributed by atoms with Gasteiger partial charge in [-0.1, -0.05) is 32.9 Å². The van der Waals surface area contributed by atoms with Gasteiger partial charge in [0.05, 0.1) is 6.61 Å². The summed E-state index contributed by atoms with van der Waals surface area (Å²) in [6, 6.07) is 12.3. The molecular weight excluding hydrogens is 254 g/mol. The fourth-order valence-corrected chi connectivity index (χ4v) is 2.85. The highest BCUT2D eigenvalue weighted by molar-refractivity contribution is 7.12. The zero-order valence-electron chi connectivity index (χ0n) is 11.7. The third-order valence-corrected chi connectivity index (χ3v) is 4.49.